The highest BCUT2D eigenvalue weighted by atomic mass is 16.5. The Hall–Kier alpha value is -3.86. The van der Waals surface area contributed by atoms with Gasteiger partial charge in [0.15, 0.2) is 0 Å². The number of nitrogens with one attached hydrogen (secondary N) is 2. The number of aliphatic hydroxyl groups excluding tert-OH is 1. The molecule has 4 aromatic rings. The summed E-state index contributed by atoms with van der Waals surface area (Å²) in [7, 11) is 5.16. The second kappa shape index (κ2) is 10.9. The predicted molar refractivity (Wildman–Crippen MR) is 146 cm³/mol. The molecule has 10 nitrogen and oxygen atoms in total. The van der Waals surface area contributed by atoms with Crippen LogP contribution in [0.4, 0.5) is 5.69 Å². The van der Waals surface area contributed by atoms with Crippen LogP contribution in [0, 0.1) is 0 Å². The molecule has 3 aromatic carbocycles. The molecule has 1 aliphatic rings. The number of likely N-dealkylation sites (N-methyl/N-ethyl adjacent to an activating group) is 1. The van der Waals surface area contributed by atoms with Crippen LogP contribution in [0.15, 0.2) is 54.6 Å². The van der Waals surface area contributed by atoms with Crippen molar-refractivity contribution in [3.05, 3.63) is 65.7 Å². The lowest BCUT2D eigenvalue weighted by atomic mass is 10.00. The van der Waals surface area contributed by atoms with Crippen molar-refractivity contribution < 1.29 is 14.6 Å². The van der Waals surface area contributed by atoms with Gasteiger partial charge >= 0.3 is 0 Å². The first-order valence-electron chi connectivity index (χ1n) is 12.7. The number of aliphatic hydroxyl groups is 1. The lowest BCUT2D eigenvalue weighted by Gasteiger charge is -2.30. The Morgan fingerprint density at radius 2 is 2.00 bits per heavy atom. The highest BCUT2D eigenvalue weighted by Gasteiger charge is 2.33. The number of ether oxygens (including phenoxy) is 1. The van der Waals surface area contributed by atoms with Crippen LogP contribution in [-0.2, 0) is 24.8 Å². The summed E-state index contributed by atoms with van der Waals surface area (Å²) in [5.41, 5.74) is 3.72. The van der Waals surface area contributed by atoms with E-state index in [1.54, 1.807) is 21.2 Å². The number of benzene rings is 3. The molecule has 0 unspecified atom stereocenters. The van der Waals surface area contributed by atoms with Crippen LogP contribution in [0.2, 0.25) is 0 Å². The Labute approximate surface area is 221 Å². The maximum atomic E-state index is 14.0. The zero-order valence-electron chi connectivity index (χ0n) is 22.0. The van der Waals surface area contributed by atoms with Crippen molar-refractivity contribution in [1.29, 1.82) is 0 Å². The lowest BCUT2D eigenvalue weighted by Crippen LogP contribution is -2.54. The van der Waals surface area contributed by atoms with Crippen molar-refractivity contribution >= 4 is 22.4 Å². The van der Waals surface area contributed by atoms with Gasteiger partial charge < -0.3 is 20.1 Å². The number of aromatic nitrogens is 4. The number of anilines is 1. The van der Waals surface area contributed by atoms with E-state index >= 15 is 0 Å². The van der Waals surface area contributed by atoms with Gasteiger partial charge in [-0.25, -0.2) is 0 Å². The summed E-state index contributed by atoms with van der Waals surface area (Å²) in [5, 5.41) is 31.2. The average molecular weight is 516 g/mol. The van der Waals surface area contributed by atoms with Crippen molar-refractivity contribution in [2.45, 2.75) is 44.6 Å². The first kappa shape index (κ1) is 25.8. The predicted octanol–water partition coefficient (Wildman–Crippen LogP) is 2.40. The van der Waals surface area contributed by atoms with E-state index in [0.29, 0.717) is 24.5 Å². The van der Waals surface area contributed by atoms with E-state index in [1.807, 2.05) is 60.4 Å². The van der Waals surface area contributed by atoms with Gasteiger partial charge in [0.1, 0.15) is 12.0 Å². The fourth-order valence-corrected chi connectivity index (χ4v) is 4.97. The Morgan fingerprint density at radius 1 is 1.18 bits per heavy atom. The highest BCUT2D eigenvalue weighted by Crippen LogP contribution is 2.35. The molecule has 0 aliphatic carbocycles. The number of carbonyl (C=O) groups excluding carboxylic acids is 1. The van der Waals surface area contributed by atoms with Crippen molar-refractivity contribution in [1.82, 2.24) is 30.8 Å². The van der Waals surface area contributed by atoms with Crippen LogP contribution in [0.1, 0.15) is 24.5 Å². The van der Waals surface area contributed by atoms with Crippen LogP contribution in [0.5, 0.6) is 5.75 Å². The number of tetrazole rings is 1. The topological polar surface area (TPSA) is 117 Å². The standard InChI is InChI=1S/C28H33N7O3/c1-17(29-2)27(36)30-23-13-10-18-7-5-6-8-24(18)35(28(23)37)16-22-21-12-9-20(26-31-33-34(3)32-26)15-19(21)11-14-25(22)38-4/h5-9,11-12,14-15,17,23,27,29-30,36H,10,13,16H2,1-4H3/t17-,23-,27-/m0/s1. The Bertz CT molecular complexity index is 1450. The van der Waals surface area contributed by atoms with E-state index in [4.69, 9.17) is 4.74 Å². The van der Waals surface area contributed by atoms with Gasteiger partial charge in [0, 0.05) is 22.9 Å². The molecule has 1 aliphatic heterocycles. The number of carbonyl (C=O) groups is 1. The molecule has 0 spiro atoms. The van der Waals surface area contributed by atoms with Gasteiger partial charge in [-0.1, -0.05) is 36.4 Å². The maximum absolute atomic E-state index is 14.0. The summed E-state index contributed by atoms with van der Waals surface area (Å²) in [6.07, 6.45) is 0.441. The normalized spacial score (nSPS) is 17.2. The summed E-state index contributed by atoms with van der Waals surface area (Å²) < 4.78 is 5.77. The molecule has 1 amide bonds. The van der Waals surface area contributed by atoms with E-state index in [2.05, 4.69) is 32.1 Å². The van der Waals surface area contributed by atoms with E-state index < -0.39 is 12.3 Å². The minimum atomic E-state index is -0.864. The van der Waals surface area contributed by atoms with Gasteiger partial charge in [0.05, 0.1) is 26.7 Å². The number of hydrogen-bond donors (Lipinski definition) is 3. The molecule has 0 saturated carbocycles. The molecule has 3 atom stereocenters. The molecule has 0 radical (unpaired) electrons. The zero-order valence-corrected chi connectivity index (χ0v) is 22.0. The third-order valence-corrected chi connectivity index (χ3v) is 7.24. The minimum absolute atomic E-state index is 0.0864. The van der Waals surface area contributed by atoms with Gasteiger partial charge in [-0.05, 0) is 66.6 Å². The second-order valence-electron chi connectivity index (χ2n) is 9.62. The molecule has 0 bridgehead atoms. The smallest absolute Gasteiger partial charge is 0.244 e. The van der Waals surface area contributed by atoms with Crippen LogP contribution in [0.25, 0.3) is 22.2 Å². The fraction of sp³-hybridized carbons (Fsp3) is 0.357. The van der Waals surface area contributed by atoms with Crippen LogP contribution in [-0.4, -0.2) is 63.7 Å². The first-order valence-corrected chi connectivity index (χ1v) is 12.7. The van der Waals surface area contributed by atoms with E-state index in [0.717, 1.165) is 39.6 Å². The molecular weight excluding hydrogens is 482 g/mol. The molecular formula is C28H33N7O3. The number of para-hydroxylation sites is 1. The van der Waals surface area contributed by atoms with Gasteiger partial charge in [-0.15, -0.1) is 10.2 Å². The first-order chi connectivity index (χ1) is 18.4. The number of rotatable bonds is 8. The van der Waals surface area contributed by atoms with Gasteiger partial charge in [0.2, 0.25) is 11.7 Å². The number of methoxy groups -OCH3 is 1. The van der Waals surface area contributed by atoms with E-state index in [-0.39, 0.29) is 11.9 Å². The highest BCUT2D eigenvalue weighted by molar-refractivity contribution is 6.00. The third-order valence-electron chi connectivity index (χ3n) is 7.24. The van der Waals surface area contributed by atoms with Crippen molar-refractivity contribution in [2.75, 3.05) is 19.1 Å². The molecule has 1 aromatic heterocycles. The molecule has 2 heterocycles. The number of hydrogen-bond acceptors (Lipinski definition) is 8. The largest absolute Gasteiger partial charge is 0.496 e. The molecule has 38 heavy (non-hydrogen) atoms. The Kier molecular flexibility index (Phi) is 7.37. The quantitative estimate of drug-likeness (QED) is 0.306. The average Bonchev–Trinajstić information content (AvgIpc) is 3.33. The van der Waals surface area contributed by atoms with Crippen molar-refractivity contribution in [2.24, 2.45) is 7.05 Å². The van der Waals surface area contributed by atoms with Crippen molar-refractivity contribution in [3.8, 4) is 17.1 Å². The summed E-state index contributed by atoms with van der Waals surface area (Å²) >= 11 is 0. The third kappa shape index (κ3) is 4.98. The van der Waals surface area contributed by atoms with E-state index in [1.165, 1.54) is 4.80 Å². The summed E-state index contributed by atoms with van der Waals surface area (Å²) in [6, 6.07) is 17.2. The van der Waals surface area contributed by atoms with Gasteiger partial charge in [-0.2, -0.15) is 4.80 Å². The monoisotopic (exact) mass is 515 g/mol. The summed E-state index contributed by atoms with van der Waals surface area (Å²) in [5.74, 6) is 1.16. The molecule has 5 rings (SSSR count). The molecule has 0 saturated heterocycles. The number of nitrogens with zero attached hydrogens (tertiary/aromatic N) is 5. The Balaban J connectivity index is 1.55. The Morgan fingerprint density at radius 3 is 2.74 bits per heavy atom. The summed E-state index contributed by atoms with van der Waals surface area (Å²) in [6.45, 7) is 2.19. The summed E-state index contributed by atoms with van der Waals surface area (Å²) in [4.78, 5) is 17.2. The number of amides is 1. The zero-order chi connectivity index (χ0) is 26.8. The second-order valence-corrected chi connectivity index (χ2v) is 9.62. The minimum Gasteiger partial charge on any atom is -0.496 e. The molecule has 3 N–H and O–H groups in total. The number of aryl methyl sites for hydroxylation is 2. The maximum Gasteiger partial charge on any atom is 0.244 e. The SMILES string of the molecule is CN[C@@H](C)[C@H](O)N[C@H]1CCc2ccccc2N(Cc2c(OC)ccc3cc(-c4nnn(C)n4)ccc23)C1=O. The van der Waals surface area contributed by atoms with Crippen LogP contribution < -0.4 is 20.3 Å². The van der Waals surface area contributed by atoms with Gasteiger partial charge in [-0.3, -0.25) is 10.1 Å². The lowest BCUT2D eigenvalue weighted by molar-refractivity contribution is -0.121. The van der Waals surface area contributed by atoms with Crippen molar-refractivity contribution in [3.63, 3.8) is 0 Å². The molecule has 198 valence electrons. The molecule has 10 heteroatoms. The molecule has 0 fully saturated rings. The number of fused-ring (bicyclic) bond motifs is 2. The fourth-order valence-electron chi connectivity index (χ4n) is 4.97. The van der Waals surface area contributed by atoms with Gasteiger partial charge in [0.25, 0.3) is 0 Å². The van der Waals surface area contributed by atoms with Crippen LogP contribution >= 0.6 is 0 Å². The van der Waals surface area contributed by atoms with Crippen LogP contribution in [0.3, 0.4) is 0 Å². The van der Waals surface area contributed by atoms with E-state index in [9.17, 15) is 9.90 Å².